The summed E-state index contributed by atoms with van der Waals surface area (Å²) >= 11 is 0. The number of hydrogen-bond acceptors (Lipinski definition) is 7. The van der Waals surface area contributed by atoms with Crippen molar-refractivity contribution in [3.05, 3.63) is 83.7 Å². The van der Waals surface area contributed by atoms with E-state index in [0.717, 1.165) is 16.7 Å². The summed E-state index contributed by atoms with van der Waals surface area (Å²) in [7, 11) is -2.53. The molecule has 176 valence electrons. The second-order valence-electron chi connectivity index (χ2n) is 8.01. The molecular weight excluding hydrogens is 454 g/mol. The molecule has 8 nitrogen and oxygen atoms in total. The van der Waals surface area contributed by atoms with E-state index >= 15 is 0 Å². The van der Waals surface area contributed by atoms with Crippen molar-refractivity contribution in [3.63, 3.8) is 0 Å². The average molecular weight is 480 g/mol. The number of esters is 1. The molecule has 0 saturated heterocycles. The number of aromatic nitrogens is 2. The van der Waals surface area contributed by atoms with Crippen molar-refractivity contribution >= 4 is 27.0 Å². The molecule has 34 heavy (non-hydrogen) atoms. The molecule has 0 unspecified atom stereocenters. The first-order valence-corrected chi connectivity index (χ1v) is 12.0. The number of aryl methyl sites for hydroxylation is 2. The van der Waals surface area contributed by atoms with E-state index in [2.05, 4.69) is 9.72 Å². The number of nitrogens with two attached hydrogens (primary N) is 1. The minimum atomic E-state index is -3.83. The summed E-state index contributed by atoms with van der Waals surface area (Å²) in [5, 5.41) is 0.606. The number of benzene rings is 2. The van der Waals surface area contributed by atoms with Crippen LogP contribution in [-0.4, -0.2) is 36.5 Å². The van der Waals surface area contributed by atoms with E-state index < -0.39 is 22.0 Å². The van der Waals surface area contributed by atoms with Crippen molar-refractivity contribution in [2.45, 2.75) is 31.2 Å². The van der Waals surface area contributed by atoms with Gasteiger partial charge in [0.25, 0.3) is 10.0 Å². The molecule has 0 amide bonds. The Kier molecular flexibility index (Phi) is 6.41. The number of ether oxygens (including phenoxy) is 2. The Morgan fingerprint density at radius 2 is 1.74 bits per heavy atom. The van der Waals surface area contributed by atoms with Crippen molar-refractivity contribution in [2.24, 2.45) is 5.73 Å². The summed E-state index contributed by atoms with van der Waals surface area (Å²) in [6.45, 7) is 3.71. The molecular formula is C25H25N3O5S. The Bertz CT molecular complexity index is 1440. The molecule has 2 heterocycles. The molecule has 1 atom stereocenters. The van der Waals surface area contributed by atoms with Crippen LogP contribution < -0.4 is 10.5 Å². The minimum absolute atomic E-state index is 0.184. The molecule has 2 N–H and O–H groups in total. The third kappa shape index (κ3) is 4.52. The Morgan fingerprint density at radius 3 is 2.38 bits per heavy atom. The van der Waals surface area contributed by atoms with Crippen molar-refractivity contribution in [3.8, 4) is 11.5 Å². The molecule has 2 aromatic carbocycles. The Balaban J connectivity index is 1.65. The number of carbonyl (C=O) groups is 1. The lowest BCUT2D eigenvalue weighted by atomic mass is 10.1. The molecule has 0 bridgehead atoms. The summed E-state index contributed by atoms with van der Waals surface area (Å²) < 4.78 is 38.5. The van der Waals surface area contributed by atoms with Crippen molar-refractivity contribution in [1.82, 2.24) is 8.96 Å². The second-order valence-corrected chi connectivity index (χ2v) is 9.83. The topological polar surface area (TPSA) is 114 Å². The van der Waals surface area contributed by atoms with Crippen LogP contribution in [0, 0.1) is 13.8 Å². The average Bonchev–Trinajstić information content (AvgIpc) is 3.18. The molecule has 0 saturated carbocycles. The molecule has 0 radical (unpaired) electrons. The first-order chi connectivity index (χ1) is 16.2. The Hall–Kier alpha value is -3.69. The predicted octanol–water partition coefficient (Wildman–Crippen LogP) is 3.73. The van der Waals surface area contributed by atoms with Crippen LogP contribution in [0.1, 0.15) is 16.7 Å². The van der Waals surface area contributed by atoms with Crippen LogP contribution in [0.4, 0.5) is 0 Å². The van der Waals surface area contributed by atoms with Gasteiger partial charge in [-0.25, -0.2) is 17.4 Å². The summed E-state index contributed by atoms with van der Waals surface area (Å²) in [5.41, 5.74) is 8.66. The number of hydrogen-bond donors (Lipinski definition) is 1. The Morgan fingerprint density at radius 1 is 1.06 bits per heavy atom. The van der Waals surface area contributed by atoms with Gasteiger partial charge in [-0.3, -0.25) is 4.79 Å². The summed E-state index contributed by atoms with van der Waals surface area (Å²) in [5.74, 6) is 0.566. The van der Waals surface area contributed by atoms with Gasteiger partial charge in [0.2, 0.25) is 0 Å². The van der Waals surface area contributed by atoms with E-state index in [9.17, 15) is 13.2 Å². The monoisotopic (exact) mass is 479 g/mol. The van der Waals surface area contributed by atoms with Gasteiger partial charge < -0.3 is 15.2 Å². The van der Waals surface area contributed by atoms with Crippen molar-refractivity contribution in [2.75, 3.05) is 7.11 Å². The lowest BCUT2D eigenvalue weighted by Gasteiger charge is -2.11. The van der Waals surface area contributed by atoms with Crippen LogP contribution in [0.25, 0.3) is 11.0 Å². The zero-order valence-electron chi connectivity index (χ0n) is 19.1. The van der Waals surface area contributed by atoms with Gasteiger partial charge in [-0.05, 0) is 61.7 Å². The molecule has 0 aliphatic heterocycles. The highest BCUT2D eigenvalue weighted by Gasteiger charge is 2.23. The van der Waals surface area contributed by atoms with E-state index in [-0.39, 0.29) is 10.5 Å². The number of nitrogens with zero attached hydrogens (tertiary/aromatic N) is 2. The van der Waals surface area contributed by atoms with E-state index in [1.807, 2.05) is 26.0 Å². The zero-order chi connectivity index (χ0) is 24.5. The number of pyridine rings is 1. The van der Waals surface area contributed by atoms with Crippen LogP contribution in [0.2, 0.25) is 0 Å². The van der Waals surface area contributed by atoms with E-state index in [0.29, 0.717) is 23.3 Å². The predicted molar refractivity (Wildman–Crippen MR) is 128 cm³/mol. The first-order valence-electron chi connectivity index (χ1n) is 10.6. The van der Waals surface area contributed by atoms with E-state index in [4.69, 9.17) is 10.5 Å². The number of carbonyl (C=O) groups excluding carboxylic acids is 1. The normalized spacial score (nSPS) is 12.5. The van der Waals surface area contributed by atoms with Gasteiger partial charge in [-0.2, -0.15) is 0 Å². The highest BCUT2D eigenvalue weighted by atomic mass is 32.2. The smallest absolute Gasteiger partial charge is 0.322 e. The number of methoxy groups -OCH3 is 1. The van der Waals surface area contributed by atoms with Gasteiger partial charge >= 0.3 is 5.97 Å². The second kappa shape index (κ2) is 9.28. The van der Waals surface area contributed by atoms with Gasteiger partial charge in [-0.15, -0.1) is 0 Å². The van der Waals surface area contributed by atoms with Crippen LogP contribution in [0.5, 0.6) is 11.5 Å². The van der Waals surface area contributed by atoms with Crippen LogP contribution >= 0.6 is 0 Å². The third-order valence-electron chi connectivity index (χ3n) is 5.50. The van der Waals surface area contributed by atoms with Gasteiger partial charge in [0.15, 0.2) is 5.65 Å². The lowest BCUT2D eigenvalue weighted by molar-refractivity contribution is -0.142. The first kappa shape index (κ1) is 23.5. The maximum Gasteiger partial charge on any atom is 0.322 e. The molecule has 0 spiro atoms. The third-order valence-corrected chi connectivity index (χ3v) is 7.16. The van der Waals surface area contributed by atoms with E-state index in [1.165, 1.54) is 17.3 Å². The fourth-order valence-corrected chi connectivity index (χ4v) is 5.04. The standard InChI is InChI=1S/C25H25N3O5S/c1-16-4-10-20(11-5-16)34(30,31)28-15-17(2)23-22(12-13-27-24(23)28)33-19-8-6-18(7-9-19)14-21(26)25(29)32-3/h4-13,15,21H,14,26H2,1-3H3/t21-/m0/s1. The minimum Gasteiger partial charge on any atom is -0.468 e. The summed E-state index contributed by atoms with van der Waals surface area (Å²) in [6, 6.07) is 14.8. The fraction of sp³-hybridized carbons (Fsp3) is 0.200. The van der Waals surface area contributed by atoms with E-state index in [1.54, 1.807) is 48.7 Å². The van der Waals surface area contributed by atoms with Crippen LogP contribution in [0.3, 0.4) is 0 Å². The lowest BCUT2D eigenvalue weighted by Crippen LogP contribution is -2.33. The maximum absolute atomic E-state index is 13.3. The molecule has 0 fully saturated rings. The van der Waals surface area contributed by atoms with Gasteiger partial charge in [0.1, 0.15) is 17.5 Å². The molecule has 2 aromatic heterocycles. The maximum atomic E-state index is 13.3. The zero-order valence-corrected chi connectivity index (χ0v) is 19.9. The van der Waals surface area contributed by atoms with Crippen LogP contribution in [0.15, 0.2) is 71.9 Å². The number of rotatable bonds is 7. The largest absolute Gasteiger partial charge is 0.468 e. The molecule has 9 heteroatoms. The fourth-order valence-electron chi connectivity index (χ4n) is 3.67. The Labute approximate surface area is 198 Å². The molecule has 0 aliphatic rings. The molecule has 4 rings (SSSR count). The highest BCUT2D eigenvalue weighted by Crippen LogP contribution is 2.34. The summed E-state index contributed by atoms with van der Waals surface area (Å²) in [4.78, 5) is 16.1. The van der Waals surface area contributed by atoms with Gasteiger partial charge in [0, 0.05) is 12.4 Å². The number of fused-ring (bicyclic) bond motifs is 1. The molecule has 0 aliphatic carbocycles. The summed E-state index contributed by atoms with van der Waals surface area (Å²) in [6.07, 6.45) is 3.41. The van der Waals surface area contributed by atoms with Crippen molar-refractivity contribution in [1.29, 1.82) is 0 Å². The van der Waals surface area contributed by atoms with Crippen LogP contribution in [-0.2, 0) is 26.0 Å². The quantitative estimate of drug-likeness (QED) is 0.402. The highest BCUT2D eigenvalue weighted by molar-refractivity contribution is 7.90. The molecule has 4 aromatic rings. The van der Waals surface area contributed by atoms with Crippen molar-refractivity contribution < 1.29 is 22.7 Å². The van der Waals surface area contributed by atoms with Gasteiger partial charge in [-0.1, -0.05) is 29.8 Å². The van der Waals surface area contributed by atoms with Gasteiger partial charge in [0.05, 0.1) is 17.4 Å². The SMILES string of the molecule is COC(=O)[C@@H](N)Cc1ccc(Oc2ccnc3c2c(C)cn3S(=O)(=O)c2ccc(C)cc2)cc1.